The molecule has 2 aromatic rings. The molecule has 0 aliphatic carbocycles. The molecule has 0 bridgehead atoms. The summed E-state index contributed by atoms with van der Waals surface area (Å²) in [5.74, 6) is 1.92. The van der Waals surface area contributed by atoms with E-state index in [-0.39, 0.29) is 5.91 Å². The molecule has 0 saturated heterocycles. The van der Waals surface area contributed by atoms with Crippen molar-refractivity contribution in [1.29, 1.82) is 0 Å². The number of rotatable bonds is 9. The summed E-state index contributed by atoms with van der Waals surface area (Å²) < 4.78 is 12.2. The van der Waals surface area contributed by atoms with Crippen molar-refractivity contribution in [3.63, 3.8) is 0 Å². The normalized spacial score (nSPS) is 10.7. The Hall–Kier alpha value is -2.01. The van der Waals surface area contributed by atoms with E-state index in [1.165, 1.54) is 5.56 Å². The van der Waals surface area contributed by atoms with Crippen LogP contribution in [0.4, 0.5) is 5.69 Å². The number of ether oxygens (including phenoxy) is 2. The Morgan fingerprint density at radius 2 is 1.88 bits per heavy atom. The number of carbonyl (C=O) groups is 1. The molecule has 1 N–H and O–H groups in total. The van der Waals surface area contributed by atoms with Gasteiger partial charge in [-0.25, -0.2) is 0 Å². The minimum atomic E-state index is -0.0463. The van der Waals surface area contributed by atoms with Crippen molar-refractivity contribution in [3.05, 3.63) is 52.5 Å². The van der Waals surface area contributed by atoms with E-state index in [1.807, 2.05) is 37.3 Å². The SMILES string of the molecule is CCOc1ccccc1NC(=O)CCCOc1ccc(C(C)C)cc1Br. The van der Waals surface area contributed by atoms with E-state index in [0.717, 1.165) is 10.2 Å². The largest absolute Gasteiger partial charge is 0.492 e. The van der Waals surface area contributed by atoms with Gasteiger partial charge in [-0.1, -0.05) is 32.0 Å². The maximum Gasteiger partial charge on any atom is 0.224 e. The zero-order valence-corrected chi connectivity index (χ0v) is 17.1. The molecule has 0 aromatic heterocycles. The molecule has 5 heteroatoms. The van der Waals surface area contributed by atoms with Crippen molar-refractivity contribution >= 4 is 27.5 Å². The van der Waals surface area contributed by atoms with E-state index in [9.17, 15) is 4.79 Å². The smallest absolute Gasteiger partial charge is 0.224 e. The molecule has 140 valence electrons. The Balaban J connectivity index is 1.79. The van der Waals surface area contributed by atoms with Gasteiger partial charge in [-0.2, -0.15) is 0 Å². The molecule has 2 aromatic carbocycles. The Morgan fingerprint density at radius 3 is 2.58 bits per heavy atom. The molecule has 0 aliphatic rings. The van der Waals surface area contributed by atoms with Gasteiger partial charge in [0.1, 0.15) is 11.5 Å². The Labute approximate surface area is 164 Å². The fraction of sp³-hybridized carbons (Fsp3) is 0.381. The summed E-state index contributed by atoms with van der Waals surface area (Å²) in [4.78, 5) is 12.1. The van der Waals surface area contributed by atoms with E-state index in [1.54, 1.807) is 0 Å². The maximum absolute atomic E-state index is 12.1. The zero-order chi connectivity index (χ0) is 18.9. The number of halogens is 1. The first kappa shape index (κ1) is 20.3. The van der Waals surface area contributed by atoms with Gasteiger partial charge in [0, 0.05) is 6.42 Å². The van der Waals surface area contributed by atoms with Crippen LogP contribution in [0.3, 0.4) is 0 Å². The molecule has 2 rings (SSSR count). The van der Waals surface area contributed by atoms with Gasteiger partial charge in [-0.3, -0.25) is 4.79 Å². The number of para-hydroxylation sites is 2. The average Bonchev–Trinajstić information content (AvgIpc) is 2.61. The zero-order valence-electron chi connectivity index (χ0n) is 15.5. The fourth-order valence-corrected chi connectivity index (χ4v) is 2.98. The molecule has 0 atom stereocenters. The number of amides is 1. The van der Waals surface area contributed by atoms with Crippen LogP contribution in [0.1, 0.15) is 45.1 Å². The fourth-order valence-electron chi connectivity index (χ4n) is 2.47. The van der Waals surface area contributed by atoms with E-state index >= 15 is 0 Å². The molecular formula is C21H26BrNO3. The van der Waals surface area contributed by atoms with Crippen molar-refractivity contribution in [2.75, 3.05) is 18.5 Å². The Bertz CT molecular complexity index is 731. The third-order valence-electron chi connectivity index (χ3n) is 3.89. The molecule has 0 radical (unpaired) electrons. The van der Waals surface area contributed by atoms with Crippen LogP contribution in [0.15, 0.2) is 46.9 Å². The molecule has 0 saturated carbocycles. The second-order valence-electron chi connectivity index (χ2n) is 6.27. The second-order valence-corrected chi connectivity index (χ2v) is 7.13. The molecule has 0 spiro atoms. The molecule has 0 unspecified atom stereocenters. The first-order chi connectivity index (χ1) is 12.5. The van der Waals surface area contributed by atoms with Gasteiger partial charge >= 0.3 is 0 Å². The second kappa shape index (κ2) is 10.2. The number of carbonyl (C=O) groups excluding carboxylic acids is 1. The number of benzene rings is 2. The van der Waals surface area contributed by atoms with Crippen LogP contribution in [0.25, 0.3) is 0 Å². The van der Waals surface area contributed by atoms with Gasteiger partial charge in [-0.05, 0) is 65.0 Å². The first-order valence-electron chi connectivity index (χ1n) is 8.95. The molecule has 0 fully saturated rings. The van der Waals surface area contributed by atoms with Crippen molar-refractivity contribution in [2.45, 2.75) is 39.5 Å². The molecule has 26 heavy (non-hydrogen) atoms. The quantitative estimate of drug-likeness (QED) is 0.524. The Kier molecular flexibility index (Phi) is 7.98. The van der Waals surface area contributed by atoms with Gasteiger partial charge in [0.05, 0.1) is 23.4 Å². The first-order valence-corrected chi connectivity index (χ1v) is 9.74. The van der Waals surface area contributed by atoms with Crippen LogP contribution in [0, 0.1) is 0 Å². The van der Waals surface area contributed by atoms with Crippen LogP contribution in [0.2, 0.25) is 0 Å². The van der Waals surface area contributed by atoms with Gasteiger partial charge in [-0.15, -0.1) is 0 Å². The standard InChI is InChI=1S/C21H26BrNO3/c1-4-25-20-9-6-5-8-18(20)23-21(24)10-7-13-26-19-12-11-16(15(2)3)14-17(19)22/h5-6,8-9,11-12,14-15H,4,7,10,13H2,1-3H3,(H,23,24). The van der Waals surface area contributed by atoms with E-state index in [4.69, 9.17) is 9.47 Å². The highest BCUT2D eigenvalue weighted by Gasteiger charge is 2.08. The monoisotopic (exact) mass is 419 g/mol. The number of hydrogen-bond acceptors (Lipinski definition) is 3. The molecule has 0 heterocycles. The lowest BCUT2D eigenvalue weighted by atomic mass is 10.0. The third kappa shape index (κ3) is 6.06. The van der Waals surface area contributed by atoms with Crippen LogP contribution in [-0.4, -0.2) is 19.1 Å². The van der Waals surface area contributed by atoms with Gasteiger partial charge in [0.25, 0.3) is 0 Å². The van der Waals surface area contributed by atoms with E-state index in [2.05, 4.69) is 47.2 Å². The summed E-state index contributed by atoms with van der Waals surface area (Å²) in [5, 5.41) is 2.90. The lowest BCUT2D eigenvalue weighted by Gasteiger charge is -2.12. The van der Waals surface area contributed by atoms with Crippen molar-refractivity contribution < 1.29 is 14.3 Å². The van der Waals surface area contributed by atoms with Gasteiger partial charge < -0.3 is 14.8 Å². The number of nitrogens with one attached hydrogen (secondary N) is 1. The molecular weight excluding hydrogens is 394 g/mol. The van der Waals surface area contributed by atoms with E-state index < -0.39 is 0 Å². The third-order valence-corrected chi connectivity index (χ3v) is 4.51. The highest BCUT2D eigenvalue weighted by Crippen LogP contribution is 2.29. The summed E-state index contributed by atoms with van der Waals surface area (Å²) >= 11 is 3.55. The Morgan fingerprint density at radius 1 is 1.12 bits per heavy atom. The summed E-state index contributed by atoms with van der Waals surface area (Å²) in [6, 6.07) is 13.6. The maximum atomic E-state index is 12.1. The summed E-state index contributed by atoms with van der Waals surface area (Å²) in [5.41, 5.74) is 1.96. The predicted molar refractivity (Wildman–Crippen MR) is 109 cm³/mol. The van der Waals surface area contributed by atoms with Crippen molar-refractivity contribution in [1.82, 2.24) is 0 Å². The minimum absolute atomic E-state index is 0.0463. The van der Waals surface area contributed by atoms with Gasteiger partial charge in [0.15, 0.2) is 0 Å². The summed E-state index contributed by atoms with van der Waals surface area (Å²) in [6.45, 7) is 7.28. The molecule has 0 aliphatic heterocycles. The van der Waals surface area contributed by atoms with Crippen molar-refractivity contribution in [2.24, 2.45) is 0 Å². The van der Waals surface area contributed by atoms with Crippen molar-refractivity contribution in [3.8, 4) is 11.5 Å². The van der Waals surface area contributed by atoms with Crippen LogP contribution >= 0.6 is 15.9 Å². The molecule has 4 nitrogen and oxygen atoms in total. The number of anilines is 1. The van der Waals surface area contributed by atoms with Crippen LogP contribution < -0.4 is 14.8 Å². The average molecular weight is 420 g/mol. The van der Waals surface area contributed by atoms with Crippen LogP contribution in [-0.2, 0) is 4.79 Å². The van der Waals surface area contributed by atoms with Crippen LogP contribution in [0.5, 0.6) is 11.5 Å². The number of hydrogen-bond donors (Lipinski definition) is 1. The lowest BCUT2D eigenvalue weighted by molar-refractivity contribution is -0.116. The lowest BCUT2D eigenvalue weighted by Crippen LogP contribution is -2.13. The predicted octanol–water partition coefficient (Wildman–Crippen LogP) is 5.77. The topological polar surface area (TPSA) is 47.6 Å². The summed E-state index contributed by atoms with van der Waals surface area (Å²) in [6.07, 6.45) is 1.03. The summed E-state index contributed by atoms with van der Waals surface area (Å²) in [7, 11) is 0. The highest BCUT2D eigenvalue weighted by atomic mass is 79.9. The van der Waals surface area contributed by atoms with Gasteiger partial charge in [0.2, 0.25) is 5.91 Å². The molecule has 1 amide bonds. The minimum Gasteiger partial charge on any atom is -0.492 e. The van der Waals surface area contributed by atoms with E-state index in [0.29, 0.717) is 43.4 Å². The highest BCUT2D eigenvalue weighted by molar-refractivity contribution is 9.10.